The van der Waals surface area contributed by atoms with Crippen LogP contribution in [0.2, 0.25) is 0 Å². The molecule has 0 heterocycles. The highest BCUT2D eigenvalue weighted by molar-refractivity contribution is 5.81. The van der Waals surface area contributed by atoms with Crippen LogP contribution in [0, 0.1) is 5.41 Å². The molecule has 0 saturated heterocycles. The van der Waals surface area contributed by atoms with Gasteiger partial charge >= 0.3 is 35.8 Å². The third-order valence-electron chi connectivity index (χ3n) is 4.22. The molecule has 0 rings (SSSR count). The summed E-state index contributed by atoms with van der Waals surface area (Å²) in [6.45, 7) is 2.54. The van der Waals surface area contributed by atoms with Gasteiger partial charge in [0.05, 0.1) is 0 Å². The molecular weight excluding hydrogens is 445 g/mol. The number of rotatable bonds is 9. The zero-order valence-corrected chi connectivity index (χ0v) is 14.9. The lowest BCUT2D eigenvalue weighted by Gasteiger charge is -2.39. The topological polar surface area (TPSA) is 29.1 Å². The molecule has 1 amide bonds. The molecule has 15 heteroatoms. The van der Waals surface area contributed by atoms with Gasteiger partial charge in [-0.3, -0.25) is 4.79 Å². The highest BCUT2D eigenvalue weighted by Crippen LogP contribution is 2.60. The molecule has 0 aliphatic heterocycles. The molecule has 174 valence electrons. The van der Waals surface area contributed by atoms with Gasteiger partial charge < -0.3 is 5.32 Å². The van der Waals surface area contributed by atoms with E-state index in [1.807, 2.05) is 0 Å². The van der Waals surface area contributed by atoms with Gasteiger partial charge in [-0.2, -0.15) is 57.1 Å². The van der Waals surface area contributed by atoms with Gasteiger partial charge in [-0.05, 0) is 6.42 Å². The monoisotopic (exact) mass is 461 g/mol. The maximum Gasteiger partial charge on any atom is 0.460 e. The van der Waals surface area contributed by atoms with Crippen LogP contribution < -0.4 is 5.32 Å². The van der Waals surface area contributed by atoms with Gasteiger partial charge in [-0.15, -0.1) is 0 Å². The number of hydrogen-bond acceptors (Lipinski definition) is 1. The number of alkyl halides is 13. The van der Waals surface area contributed by atoms with E-state index in [0.717, 1.165) is 0 Å². The Bertz CT molecular complexity index is 595. The second kappa shape index (κ2) is 7.67. The summed E-state index contributed by atoms with van der Waals surface area (Å²) < 4.78 is 168. The van der Waals surface area contributed by atoms with Gasteiger partial charge in [0, 0.05) is 18.4 Å². The van der Waals surface area contributed by atoms with E-state index in [0.29, 0.717) is 0 Å². The predicted octanol–water partition coefficient (Wildman–Crippen LogP) is 5.67. The van der Waals surface area contributed by atoms with E-state index < -0.39 is 60.1 Å². The number of amides is 1. The SMILES string of the molecule is CCC(C)(C)C(=O)NCCC(F)(F)C(F)(F)C(F)(F)C(F)(F)C(F)(F)C(F)(F)F. The average Bonchev–Trinajstić information content (AvgIpc) is 2.52. The van der Waals surface area contributed by atoms with E-state index >= 15 is 0 Å². The Morgan fingerprint density at radius 3 is 1.41 bits per heavy atom. The van der Waals surface area contributed by atoms with E-state index in [1.54, 1.807) is 5.32 Å². The van der Waals surface area contributed by atoms with Gasteiger partial charge in [0.25, 0.3) is 0 Å². The normalized spacial score (nSPS) is 15.4. The highest BCUT2D eigenvalue weighted by atomic mass is 19.4. The molecule has 0 aliphatic rings. The largest absolute Gasteiger partial charge is 0.460 e. The van der Waals surface area contributed by atoms with Crippen LogP contribution in [0.3, 0.4) is 0 Å². The van der Waals surface area contributed by atoms with Crippen molar-refractivity contribution < 1.29 is 61.9 Å². The molecule has 0 atom stereocenters. The van der Waals surface area contributed by atoms with Crippen LogP contribution >= 0.6 is 0 Å². The molecule has 0 unspecified atom stereocenters. The van der Waals surface area contributed by atoms with Crippen molar-refractivity contribution in [2.75, 3.05) is 6.54 Å². The Balaban J connectivity index is 5.74. The molecule has 0 aromatic rings. The summed E-state index contributed by atoms with van der Waals surface area (Å²) >= 11 is 0. The summed E-state index contributed by atoms with van der Waals surface area (Å²) in [6, 6.07) is 0. The summed E-state index contributed by atoms with van der Waals surface area (Å²) in [4.78, 5) is 11.6. The maximum atomic E-state index is 13.5. The molecule has 0 saturated carbocycles. The van der Waals surface area contributed by atoms with E-state index in [1.165, 1.54) is 20.8 Å². The van der Waals surface area contributed by atoms with E-state index in [9.17, 15) is 61.9 Å². The minimum Gasteiger partial charge on any atom is -0.355 e. The van der Waals surface area contributed by atoms with Crippen molar-refractivity contribution in [1.82, 2.24) is 5.32 Å². The van der Waals surface area contributed by atoms with Crippen molar-refractivity contribution in [3.8, 4) is 0 Å². The number of nitrogens with one attached hydrogen (secondary N) is 1. The van der Waals surface area contributed by atoms with E-state index in [2.05, 4.69) is 0 Å². The number of halogens is 13. The minimum atomic E-state index is -7.92. The van der Waals surface area contributed by atoms with Crippen LogP contribution in [0.4, 0.5) is 57.1 Å². The fourth-order valence-electron chi connectivity index (χ4n) is 1.69. The van der Waals surface area contributed by atoms with Gasteiger partial charge in [-0.1, -0.05) is 20.8 Å². The van der Waals surface area contributed by atoms with Crippen molar-refractivity contribution in [2.24, 2.45) is 5.41 Å². The quantitative estimate of drug-likeness (QED) is 0.441. The summed E-state index contributed by atoms with van der Waals surface area (Å²) in [6.07, 6.45) is -9.78. The summed E-state index contributed by atoms with van der Waals surface area (Å²) in [5.41, 5.74) is -1.22. The van der Waals surface area contributed by atoms with Gasteiger partial charge in [0.15, 0.2) is 0 Å². The molecule has 29 heavy (non-hydrogen) atoms. The van der Waals surface area contributed by atoms with E-state index in [-0.39, 0.29) is 6.42 Å². The van der Waals surface area contributed by atoms with Crippen LogP contribution in [-0.2, 0) is 4.79 Å². The molecule has 0 aromatic heterocycles. The van der Waals surface area contributed by atoms with Crippen LogP contribution in [-0.4, -0.2) is 48.2 Å². The van der Waals surface area contributed by atoms with Crippen molar-refractivity contribution in [1.29, 1.82) is 0 Å². The van der Waals surface area contributed by atoms with Gasteiger partial charge in [-0.25, -0.2) is 0 Å². The van der Waals surface area contributed by atoms with Crippen molar-refractivity contribution in [3.05, 3.63) is 0 Å². The molecule has 0 aliphatic carbocycles. The third-order valence-corrected chi connectivity index (χ3v) is 4.22. The molecule has 0 spiro atoms. The molecule has 0 fully saturated rings. The Kier molecular flexibility index (Phi) is 7.29. The van der Waals surface area contributed by atoms with Crippen LogP contribution in [0.5, 0.6) is 0 Å². The molecule has 0 bridgehead atoms. The first-order valence-corrected chi connectivity index (χ1v) is 7.68. The smallest absolute Gasteiger partial charge is 0.355 e. The molecular formula is C14H16F13NO. The number of hydrogen-bond donors (Lipinski definition) is 1. The fourth-order valence-corrected chi connectivity index (χ4v) is 1.69. The Hall–Kier alpha value is -1.44. The van der Waals surface area contributed by atoms with Crippen molar-refractivity contribution >= 4 is 5.91 Å². The number of carbonyl (C=O) groups excluding carboxylic acids is 1. The lowest BCUT2D eigenvalue weighted by molar-refractivity contribution is -0.440. The Morgan fingerprint density at radius 2 is 1.07 bits per heavy atom. The van der Waals surface area contributed by atoms with Crippen LogP contribution in [0.15, 0.2) is 0 Å². The molecule has 0 radical (unpaired) electrons. The average molecular weight is 461 g/mol. The zero-order valence-electron chi connectivity index (χ0n) is 14.9. The number of carbonyl (C=O) groups is 1. The van der Waals surface area contributed by atoms with Crippen molar-refractivity contribution in [3.63, 3.8) is 0 Å². The summed E-state index contributed by atoms with van der Waals surface area (Å²) in [5, 5.41) is 1.63. The third kappa shape index (κ3) is 4.52. The van der Waals surface area contributed by atoms with Crippen molar-refractivity contribution in [2.45, 2.75) is 69.4 Å². The molecule has 1 N–H and O–H groups in total. The first-order chi connectivity index (χ1) is 12.4. The fraction of sp³-hybridized carbons (Fsp3) is 0.929. The second-order valence-electron chi connectivity index (χ2n) is 6.74. The summed E-state index contributed by atoms with van der Waals surface area (Å²) in [7, 11) is 0. The van der Waals surface area contributed by atoms with Gasteiger partial charge in [0.2, 0.25) is 5.91 Å². The lowest BCUT2D eigenvalue weighted by atomic mass is 9.89. The Morgan fingerprint density at radius 1 is 0.690 bits per heavy atom. The summed E-state index contributed by atoms with van der Waals surface area (Å²) in [5.74, 6) is -38.0. The Labute approximate surface area is 155 Å². The maximum absolute atomic E-state index is 13.5. The first-order valence-electron chi connectivity index (χ1n) is 7.68. The highest BCUT2D eigenvalue weighted by Gasteiger charge is 2.90. The minimum absolute atomic E-state index is 0.113. The zero-order chi connectivity index (χ0) is 23.9. The standard InChI is InChI=1S/C14H16F13NO/c1-4-8(2,3)7(29)28-6-5-9(15,16)10(17,18)11(19,20)12(21,22)13(23,24)14(25,26)27/h4-6H2,1-3H3,(H,28,29). The molecule has 2 nitrogen and oxygen atoms in total. The predicted molar refractivity (Wildman–Crippen MR) is 72.5 cm³/mol. The first kappa shape index (κ1) is 27.6. The van der Waals surface area contributed by atoms with E-state index in [4.69, 9.17) is 0 Å². The van der Waals surface area contributed by atoms with Crippen LogP contribution in [0.1, 0.15) is 33.6 Å². The second-order valence-corrected chi connectivity index (χ2v) is 6.74. The van der Waals surface area contributed by atoms with Gasteiger partial charge in [0.1, 0.15) is 0 Å². The lowest BCUT2D eigenvalue weighted by Crippen LogP contribution is -2.70. The van der Waals surface area contributed by atoms with Crippen LogP contribution in [0.25, 0.3) is 0 Å². The molecule has 0 aromatic carbocycles.